The first-order valence-corrected chi connectivity index (χ1v) is 9.26. The Morgan fingerprint density at radius 1 is 0.952 bits per heavy atom. The highest BCUT2D eigenvalue weighted by molar-refractivity contribution is 9.10. The van der Waals surface area contributed by atoms with Crippen LogP contribution in [0.5, 0.6) is 0 Å². The maximum atomic E-state index is 12.5. The molecule has 6 heteroatoms. The minimum Gasteiger partial charge on any atom is -0.270 e. The Hall–Kier alpha value is -1.11. The first-order valence-electron chi connectivity index (χ1n) is 7.03. The molecule has 1 aliphatic heterocycles. The van der Waals surface area contributed by atoms with E-state index >= 15 is 0 Å². The number of halogens is 1. The molecular weight excluding hydrogens is 352 g/mol. The van der Waals surface area contributed by atoms with Gasteiger partial charge in [0.05, 0.1) is 5.69 Å². The quantitative estimate of drug-likeness (QED) is 0.896. The molecule has 0 atom stereocenters. The number of nitrogens with one attached hydrogen (secondary N) is 1. The van der Waals surface area contributed by atoms with Crippen LogP contribution in [-0.4, -0.2) is 25.8 Å². The second kappa shape index (κ2) is 5.94. The van der Waals surface area contributed by atoms with Gasteiger partial charge >= 0.3 is 10.2 Å². The smallest absolute Gasteiger partial charge is 0.270 e. The maximum Gasteiger partial charge on any atom is 0.301 e. The van der Waals surface area contributed by atoms with Crippen molar-refractivity contribution in [3.05, 3.63) is 40.9 Å². The molecule has 0 spiro atoms. The third-order valence-corrected chi connectivity index (χ3v) is 5.98. The number of fused-ring (bicyclic) bond motifs is 1. The molecule has 3 rings (SSSR count). The summed E-state index contributed by atoms with van der Waals surface area (Å²) >= 11 is 3.50. The van der Waals surface area contributed by atoms with Gasteiger partial charge in [0.15, 0.2) is 0 Å². The molecule has 0 aliphatic carbocycles. The van der Waals surface area contributed by atoms with E-state index in [2.05, 4.69) is 20.7 Å². The summed E-state index contributed by atoms with van der Waals surface area (Å²) in [5.74, 6) is 0. The highest BCUT2D eigenvalue weighted by Gasteiger charge is 2.24. The van der Waals surface area contributed by atoms with E-state index in [1.807, 2.05) is 30.3 Å². The fourth-order valence-electron chi connectivity index (χ4n) is 2.66. The van der Waals surface area contributed by atoms with Crippen LogP contribution in [0, 0.1) is 0 Å². The van der Waals surface area contributed by atoms with Crippen molar-refractivity contribution >= 4 is 42.6 Å². The lowest BCUT2D eigenvalue weighted by Crippen LogP contribution is -2.39. The van der Waals surface area contributed by atoms with Gasteiger partial charge in [0.25, 0.3) is 0 Å². The SMILES string of the molecule is O=S(=O)(Nc1ccc(Br)c2ccccc12)N1CCCCC1. The topological polar surface area (TPSA) is 49.4 Å². The van der Waals surface area contributed by atoms with Crippen molar-refractivity contribution in [2.45, 2.75) is 19.3 Å². The van der Waals surface area contributed by atoms with Gasteiger partial charge in [0, 0.05) is 22.9 Å². The van der Waals surface area contributed by atoms with Gasteiger partial charge in [-0.2, -0.15) is 12.7 Å². The molecule has 21 heavy (non-hydrogen) atoms. The lowest BCUT2D eigenvalue weighted by atomic mass is 10.1. The number of benzene rings is 2. The summed E-state index contributed by atoms with van der Waals surface area (Å²) in [4.78, 5) is 0. The Morgan fingerprint density at radius 2 is 1.62 bits per heavy atom. The molecule has 1 fully saturated rings. The van der Waals surface area contributed by atoms with Gasteiger partial charge in [0.1, 0.15) is 0 Å². The summed E-state index contributed by atoms with van der Waals surface area (Å²) in [6.07, 6.45) is 2.97. The first kappa shape index (κ1) is 14.8. The van der Waals surface area contributed by atoms with E-state index in [1.165, 1.54) is 4.31 Å². The number of anilines is 1. The van der Waals surface area contributed by atoms with Crippen molar-refractivity contribution < 1.29 is 8.42 Å². The third kappa shape index (κ3) is 3.07. The Labute approximate surface area is 133 Å². The van der Waals surface area contributed by atoms with Crippen molar-refractivity contribution in [3.63, 3.8) is 0 Å². The predicted molar refractivity (Wildman–Crippen MR) is 89.6 cm³/mol. The summed E-state index contributed by atoms with van der Waals surface area (Å²) in [6, 6.07) is 11.4. The monoisotopic (exact) mass is 368 g/mol. The van der Waals surface area contributed by atoms with Crippen molar-refractivity contribution in [2.24, 2.45) is 0 Å². The van der Waals surface area contributed by atoms with Gasteiger partial charge in [-0.25, -0.2) is 0 Å². The van der Waals surface area contributed by atoms with Crippen molar-refractivity contribution in [1.82, 2.24) is 4.31 Å². The molecule has 0 radical (unpaired) electrons. The van der Waals surface area contributed by atoms with Crippen LogP contribution in [0.1, 0.15) is 19.3 Å². The van der Waals surface area contributed by atoms with E-state index < -0.39 is 10.2 Å². The van der Waals surface area contributed by atoms with Gasteiger partial charge in [0.2, 0.25) is 0 Å². The summed E-state index contributed by atoms with van der Waals surface area (Å²) in [7, 11) is -3.47. The third-order valence-electron chi connectivity index (χ3n) is 3.76. The largest absolute Gasteiger partial charge is 0.301 e. The molecule has 1 aliphatic rings. The Morgan fingerprint density at radius 3 is 2.33 bits per heavy atom. The van der Waals surface area contributed by atoms with Crippen LogP contribution in [0.15, 0.2) is 40.9 Å². The van der Waals surface area contributed by atoms with Crippen LogP contribution in [0.4, 0.5) is 5.69 Å². The number of hydrogen-bond acceptors (Lipinski definition) is 2. The molecule has 2 aromatic carbocycles. The fourth-order valence-corrected chi connectivity index (χ4v) is 4.46. The summed E-state index contributed by atoms with van der Waals surface area (Å²) in [5.41, 5.74) is 0.624. The molecule has 0 unspecified atom stereocenters. The Balaban J connectivity index is 1.96. The van der Waals surface area contributed by atoms with Crippen LogP contribution in [0.2, 0.25) is 0 Å². The van der Waals surface area contributed by atoms with Gasteiger partial charge in [-0.05, 0) is 30.4 Å². The molecular formula is C15H17BrN2O2S. The highest BCUT2D eigenvalue weighted by Crippen LogP contribution is 2.31. The summed E-state index contributed by atoms with van der Waals surface area (Å²) < 4.78 is 30.2. The van der Waals surface area contributed by atoms with E-state index in [-0.39, 0.29) is 0 Å². The standard InChI is InChI=1S/C15H17BrN2O2S/c16-14-8-9-15(13-7-3-2-6-12(13)14)17-21(19,20)18-10-4-1-5-11-18/h2-3,6-9,17H,1,4-5,10-11H2. The second-order valence-electron chi connectivity index (χ2n) is 5.21. The lowest BCUT2D eigenvalue weighted by molar-refractivity contribution is 0.349. The highest BCUT2D eigenvalue weighted by atomic mass is 79.9. The van der Waals surface area contributed by atoms with Gasteiger partial charge in [-0.1, -0.05) is 46.6 Å². The maximum absolute atomic E-state index is 12.5. The van der Waals surface area contributed by atoms with Crippen LogP contribution in [0.25, 0.3) is 10.8 Å². The van der Waals surface area contributed by atoms with E-state index in [9.17, 15) is 8.42 Å². The Bertz CT molecular complexity index is 755. The predicted octanol–water partition coefficient (Wildman–Crippen LogP) is 3.74. The molecule has 0 saturated carbocycles. The minimum absolute atomic E-state index is 0.601. The van der Waals surface area contributed by atoms with Crippen LogP contribution in [0.3, 0.4) is 0 Å². The Kier molecular flexibility index (Phi) is 4.19. The molecule has 112 valence electrons. The zero-order valence-electron chi connectivity index (χ0n) is 11.5. The van der Waals surface area contributed by atoms with Crippen LogP contribution < -0.4 is 4.72 Å². The van der Waals surface area contributed by atoms with Crippen LogP contribution in [-0.2, 0) is 10.2 Å². The molecule has 2 aromatic rings. The summed E-state index contributed by atoms with van der Waals surface area (Å²) in [5, 5.41) is 1.89. The summed E-state index contributed by atoms with van der Waals surface area (Å²) in [6.45, 7) is 1.20. The zero-order chi connectivity index (χ0) is 14.9. The van der Waals surface area contributed by atoms with Gasteiger partial charge in [-0.15, -0.1) is 0 Å². The molecule has 0 aromatic heterocycles. The number of nitrogens with zero attached hydrogens (tertiary/aromatic N) is 1. The molecule has 0 bridgehead atoms. The molecule has 4 nitrogen and oxygen atoms in total. The van der Waals surface area contributed by atoms with Gasteiger partial charge < -0.3 is 0 Å². The number of rotatable bonds is 3. The fraction of sp³-hybridized carbons (Fsp3) is 0.333. The lowest BCUT2D eigenvalue weighted by Gasteiger charge is -2.26. The van der Waals surface area contributed by atoms with E-state index in [0.717, 1.165) is 34.5 Å². The minimum atomic E-state index is -3.47. The average Bonchev–Trinajstić information content (AvgIpc) is 2.51. The zero-order valence-corrected chi connectivity index (χ0v) is 14.0. The molecule has 1 N–H and O–H groups in total. The second-order valence-corrected chi connectivity index (χ2v) is 7.73. The normalized spacial score (nSPS) is 17.0. The van der Waals surface area contributed by atoms with Crippen molar-refractivity contribution in [3.8, 4) is 0 Å². The van der Waals surface area contributed by atoms with E-state index in [0.29, 0.717) is 18.8 Å². The molecule has 1 saturated heterocycles. The van der Waals surface area contributed by atoms with E-state index in [1.54, 1.807) is 6.07 Å². The average molecular weight is 369 g/mol. The van der Waals surface area contributed by atoms with Crippen molar-refractivity contribution in [1.29, 1.82) is 0 Å². The first-order chi connectivity index (χ1) is 10.1. The van der Waals surface area contributed by atoms with Crippen molar-refractivity contribution in [2.75, 3.05) is 17.8 Å². The number of piperidine rings is 1. The van der Waals surface area contributed by atoms with E-state index in [4.69, 9.17) is 0 Å². The van der Waals surface area contributed by atoms with Crippen LogP contribution >= 0.6 is 15.9 Å². The molecule has 1 heterocycles. The number of hydrogen-bond donors (Lipinski definition) is 1. The van der Waals surface area contributed by atoms with Gasteiger partial charge in [-0.3, -0.25) is 4.72 Å². The molecule has 0 amide bonds.